The molecule has 0 heterocycles. The van der Waals surface area contributed by atoms with Gasteiger partial charge in [0.1, 0.15) is 5.82 Å². The molecule has 1 aromatic rings. The average molecular weight is 235 g/mol. The Balaban J connectivity index is 2.57. The fraction of sp³-hybridized carbons (Fsp3) is 0.500. The Morgan fingerprint density at radius 3 is 2.59 bits per heavy atom. The topological polar surface area (TPSA) is 33.0 Å². The van der Waals surface area contributed by atoms with Gasteiger partial charge in [-0.2, -0.15) is 5.26 Å². The van der Waals surface area contributed by atoms with E-state index in [-0.39, 0.29) is 11.9 Å². The van der Waals surface area contributed by atoms with Gasteiger partial charge in [0.15, 0.2) is 0 Å². The SMILES string of the molecule is CC(C)CC(C)OCc1cc(F)cc(C#N)c1. The minimum atomic E-state index is -0.390. The number of nitriles is 1. The highest BCUT2D eigenvalue weighted by Gasteiger charge is 2.07. The molecular weight excluding hydrogens is 217 g/mol. The quantitative estimate of drug-likeness (QED) is 0.780. The van der Waals surface area contributed by atoms with Gasteiger partial charge in [-0.15, -0.1) is 0 Å². The van der Waals surface area contributed by atoms with E-state index in [1.807, 2.05) is 13.0 Å². The van der Waals surface area contributed by atoms with Gasteiger partial charge in [0.2, 0.25) is 0 Å². The van der Waals surface area contributed by atoms with Gasteiger partial charge >= 0.3 is 0 Å². The monoisotopic (exact) mass is 235 g/mol. The van der Waals surface area contributed by atoms with Gasteiger partial charge in [-0.3, -0.25) is 0 Å². The molecule has 0 aliphatic heterocycles. The van der Waals surface area contributed by atoms with Crippen molar-refractivity contribution in [3.8, 4) is 6.07 Å². The summed E-state index contributed by atoms with van der Waals surface area (Å²) in [4.78, 5) is 0. The lowest BCUT2D eigenvalue weighted by Gasteiger charge is -2.15. The van der Waals surface area contributed by atoms with Crippen LogP contribution in [0.5, 0.6) is 0 Å². The average Bonchev–Trinajstić information content (AvgIpc) is 2.24. The number of rotatable bonds is 5. The van der Waals surface area contributed by atoms with Gasteiger partial charge in [0.25, 0.3) is 0 Å². The van der Waals surface area contributed by atoms with Crippen LogP contribution in [-0.4, -0.2) is 6.10 Å². The van der Waals surface area contributed by atoms with Crippen LogP contribution >= 0.6 is 0 Å². The van der Waals surface area contributed by atoms with E-state index < -0.39 is 0 Å². The fourth-order valence-electron chi connectivity index (χ4n) is 1.77. The second-order valence-corrected chi connectivity index (χ2v) is 4.71. The highest BCUT2D eigenvalue weighted by molar-refractivity contribution is 5.33. The number of halogens is 1. The lowest BCUT2D eigenvalue weighted by molar-refractivity contribution is 0.0396. The molecule has 1 rings (SSSR count). The van der Waals surface area contributed by atoms with Crippen molar-refractivity contribution in [2.24, 2.45) is 5.92 Å². The summed E-state index contributed by atoms with van der Waals surface area (Å²) < 4.78 is 18.8. The summed E-state index contributed by atoms with van der Waals surface area (Å²) in [5.41, 5.74) is 1.04. The Hall–Kier alpha value is -1.40. The first-order valence-corrected chi connectivity index (χ1v) is 5.82. The van der Waals surface area contributed by atoms with Crippen molar-refractivity contribution >= 4 is 0 Å². The molecule has 0 saturated carbocycles. The van der Waals surface area contributed by atoms with E-state index in [9.17, 15) is 4.39 Å². The van der Waals surface area contributed by atoms with Crippen LogP contribution in [0.25, 0.3) is 0 Å². The van der Waals surface area contributed by atoms with Crippen LogP contribution in [0, 0.1) is 23.1 Å². The molecule has 0 fully saturated rings. The van der Waals surface area contributed by atoms with Gasteiger partial charge in [0.05, 0.1) is 24.3 Å². The molecule has 0 aliphatic rings. The van der Waals surface area contributed by atoms with Gasteiger partial charge in [-0.05, 0) is 43.0 Å². The summed E-state index contributed by atoms with van der Waals surface area (Å²) in [5.74, 6) is 0.186. The van der Waals surface area contributed by atoms with Crippen molar-refractivity contribution < 1.29 is 9.13 Å². The molecule has 92 valence electrons. The molecule has 1 aromatic carbocycles. The molecule has 2 nitrogen and oxygen atoms in total. The molecule has 0 bridgehead atoms. The highest BCUT2D eigenvalue weighted by Crippen LogP contribution is 2.13. The normalized spacial score (nSPS) is 12.5. The molecule has 0 saturated heterocycles. The minimum absolute atomic E-state index is 0.142. The number of benzene rings is 1. The van der Waals surface area contributed by atoms with Crippen LogP contribution in [0.4, 0.5) is 4.39 Å². The molecule has 0 aliphatic carbocycles. The first-order valence-electron chi connectivity index (χ1n) is 5.82. The second kappa shape index (κ2) is 6.36. The predicted molar refractivity (Wildman–Crippen MR) is 64.8 cm³/mol. The van der Waals surface area contributed by atoms with E-state index in [4.69, 9.17) is 10.00 Å². The molecule has 1 unspecified atom stereocenters. The van der Waals surface area contributed by atoms with Crippen LogP contribution in [0.2, 0.25) is 0 Å². The minimum Gasteiger partial charge on any atom is -0.374 e. The van der Waals surface area contributed by atoms with Gasteiger partial charge in [-0.25, -0.2) is 4.39 Å². The van der Waals surface area contributed by atoms with E-state index in [0.29, 0.717) is 23.7 Å². The zero-order valence-electron chi connectivity index (χ0n) is 10.5. The third-order valence-corrected chi connectivity index (χ3v) is 2.42. The van der Waals surface area contributed by atoms with Crippen molar-refractivity contribution in [1.29, 1.82) is 5.26 Å². The van der Waals surface area contributed by atoms with E-state index in [1.54, 1.807) is 6.07 Å². The van der Waals surface area contributed by atoms with E-state index >= 15 is 0 Å². The molecule has 0 spiro atoms. The number of nitrogens with zero attached hydrogens (tertiary/aromatic N) is 1. The van der Waals surface area contributed by atoms with Crippen molar-refractivity contribution in [3.05, 3.63) is 35.1 Å². The first-order chi connectivity index (χ1) is 8.01. The van der Waals surface area contributed by atoms with E-state index in [1.165, 1.54) is 12.1 Å². The summed E-state index contributed by atoms with van der Waals surface area (Å²) in [6, 6.07) is 6.22. The van der Waals surface area contributed by atoms with Crippen molar-refractivity contribution in [2.45, 2.75) is 39.9 Å². The van der Waals surface area contributed by atoms with Gasteiger partial charge in [-0.1, -0.05) is 13.8 Å². The summed E-state index contributed by atoms with van der Waals surface area (Å²) in [6.45, 7) is 6.62. The van der Waals surface area contributed by atoms with Crippen molar-refractivity contribution in [2.75, 3.05) is 0 Å². The number of ether oxygens (including phenoxy) is 1. The zero-order valence-corrected chi connectivity index (χ0v) is 10.5. The molecule has 0 aromatic heterocycles. The van der Waals surface area contributed by atoms with Crippen LogP contribution in [0.1, 0.15) is 38.3 Å². The van der Waals surface area contributed by atoms with Crippen LogP contribution in [0.3, 0.4) is 0 Å². The zero-order chi connectivity index (χ0) is 12.8. The molecular formula is C14H18FNO. The second-order valence-electron chi connectivity index (χ2n) is 4.71. The number of hydrogen-bond donors (Lipinski definition) is 0. The summed E-state index contributed by atoms with van der Waals surface area (Å²) in [5, 5.41) is 8.73. The van der Waals surface area contributed by atoms with Gasteiger partial charge in [0, 0.05) is 0 Å². The van der Waals surface area contributed by atoms with Crippen molar-refractivity contribution in [1.82, 2.24) is 0 Å². The van der Waals surface area contributed by atoms with Crippen LogP contribution < -0.4 is 0 Å². The third-order valence-electron chi connectivity index (χ3n) is 2.42. The van der Waals surface area contributed by atoms with E-state index in [2.05, 4.69) is 13.8 Å². The standard InChI is InChI=1S/C14H18FNO/c1-10(2)4-11(3)17-9-13-5-12(8-16)6-14(15)7-13/h5-7,10-11H,4,9H2,1-3H3. The molecule has 1 atom stereocenters. The lowest BCUT2D eigenvalue weighted by atomic mass is 10.1. The number of hydrogen-bond acceptors (Lipinski definition) is 2. The van der Waals surface area contributed by atoms with Crippen LogP contribution in [0.15, 0.2) is 18.2 Å². The Labute approximate surface area is 102 Å². The third kappa shape index (κ3) is 4.97. The fourth-order valence-corrected chi connectivity index (χ4v) is 1.77. The lowest BCUT2D eigenvalue weighted by Crippen LogP contribution is -2.11. The molecule has 0 N–H and O–H groups in total. The Kier molecular flexibility index (Phi) is 5.11. The molecule has 3 heteroatoms. The summed E-state index contributed by atoms with van der Waals surface area (Å²) in [7, 11) is 0. The van der Waals surface area contributed by atoms with Crippen LogP contribution in [-0.2, 0) is 11.3 Å². The molecule has 0 radical (unpaired) electrons. The van der Waals surface area contributed by atoms with Gasteiger partial charge < -0.3 is 4.74 Å². The predicted octanol–water partition coefficient (Wildman–Crippen LogP) is 3.65. The Bertz CT molecular complexity index is 409. The summed E-state index contributed by atoms with van der Waals surface area (Å²) in [6.07, 6.45) is 1.12. The van der Waals surface area contributed by atoms with E-state index in [0.717, 1.165) is 6.42 Å². The summed E-state index contributed by atoms with van der Waals surface area (Å²) >= 11 is 0. The van der Waals surface area contributed by atoms with Crippen molar-refractivity contribution in [3.63, 3.8) is 0 Å². The maximum atomic E-state index is 13.1. The largest absolute Gasteiger partial charge is 0.374 e. The Morgan fingerprint density at radius 1 is 1.29 bits per heavy atom. The maximum absolute atomic E-state index is 13.1. The molecule has 17 heavy (non-hydrogen) atoms. The Morgan fingerprint density at radius 2 is 2.00 bits per heavy atom. The first kappa shape index (κ1) is 13.7. The highest BCUT2D eigenvalue weighted by atomic mass is 19.1. The smallest absolute Gasteiger partial charge is 0.124 e. The molecule has 0 amide bonds. The maximum Gasteiger partial charge on any atom is 0.124 e.